The fourth-order valence-corrected chi connectivity index (χ4v) is 3.06. The van der Waals surface area contributed by atoms with Gasteiger partial charge in [-0.15, -0.1) is 0 Å². The molecule has 9 nitrogen and oxygen atoms in total. The van der Waals surface area contributed by atoms with Crippen molar-refractivity contribution in [3.05, 3.63) is 5.21 Å². The van der Waals surface area contributed by atoms with E-state index in [1.807, 2.05) is 0 Å². The summed E-state index contributed by atoms with van der Waals surface area (Å²) in [6.07, 6.45) is -0.423. The van der Waals surface area contributed by atoms with Crippen LogP contribution in [0.5, 0.6) is 0 Å². The first-order valence-corrected chi connectivity index (χ1v) is 9.30. The van der Waals surface area contributed by atoms with Gasteiger partial charge in [0.15, 0.2) is 0 Å². The number of nitrogens with zero attached hydrogens (tertiary/aromatic N) is 1. The molecule has 0 aromatic carbocycles. The monoisotopic (exact) mass is 386 g/mol. The third kappa shape index (κ3) is 6.48. The van der Waals surface area contributed by atoms with Gasteiger partial charge in [0.25, 0.3) is 10.1 Å². The standard InChI is InChI=1S/C9H15F3NO8S2/c10-9(11,12)23(17,18)13(14)2-3-21-22(15,16)6-1-8-7-19-4-5-20-8/h8H,1-7H2/q-1. The van der Waals surface area contributed by atoms with Crippen LogP contribution < -0.4 is 0 Å². The SMILES string of the molecule is O=S(=O)(CCC1COCCO1)OCCN([O-])S(=O)(=O)C(F)(F)F. The summed E-state index contributed by atoms with van der Waals surface area (Å²) in [5, 5.41) is 10.9. The molecule has 23 heavy (non-hydrogen) atoms. The quantitative estimate of drug-likeness (QED) is 0.415. The number of rotatable bonds is 8. The first-order chi connectivity index (χ1) is 10.5. The zero-order chi connectivity index (χ0) is 17.7. The van der Waals surface area contributed by atoms with E-state index in [0.717, 1.165) is 0 Å². The van der Waals surface area contributed by atoms with Gasteiger partial charge in [-0.1, -0.05) is 0 Å². The van der Waals surface area contributed by atoms with Crippen LogP contribution in [0, 0.1) is 5.21 Å². The summed E-state index contributed by atoms with van der Waals surface area (Å²) in [6.45, 7) is -1.42. The van der Waals surface area contributed by atoms with Gasteiger partial charge >= 0.3 is 15.5 Å². The summed E-state index contributed by atoms with van der Waals surface area (Å²) in [5.41, 5.74) is -5.76. The van der Waals surface area contributed by atoms with Crippen molar-refractivity contribution >= 4 is 20.1 Å². The molecular weight excluding hydrogens is 371 g/mol. The van der Waals surface area contributed by atoms with Gasteiger partial charge < -0.3 is 14.7 Å². The molecule has 1 rings (SSSR count). The van der Waals surface area contributed by atoms with Crippen molar-refractivity contribution in [1.29, 1.82) is 0 Å². The molecule has 1 saturated heterocycles. The van der Waals surface area contributed by atoms with E-state index in [9.17, 15) is 35.2 Å². The fourth-order valence-electron chi connectivity index (χ4n) is 1.51. The summed E-state index contributed by atoms with van der Waals surface area (Å²) in [6, 6.07) is 0. The lowest BCUT2D eigenvalue weighted by Crippen LogP contribution is -2.39. The lowest BCUT2D eigenvalue weighted by molar-refractivity contribution is -0.0885. The molecular formula is C9H15F3NO8S2-. The third-order valence-electron chi connectivity index (χ3n) is 2.67. The topological polar surface area (TPSA) is 122 Å². The minimum absolute atomic E-state index is 0.0320. The Balaban J connectivity index is 2.38. The Morgan fingerprint density at radius 1 is 1.22 bits per heavy atom. The highest BCUT2D eigenvalue weighted by Gasteiger charge is 2.46. The van der Waals surface area contributed by atoms with Crippen LogP contribution in [-0.4, -0.2) is 71.6 Å². The normalized spacial score (nSPS) is 20.8. The molecule has 0 aromatic heterocycles. The Kier molecular flexibility index (Phi) is 7.18. The van der Waals surface area contributed by atoms with Crippen LogP contribution in [0.15, 0.2) is 0 Å². The number of alkyl halides is 3. The van der Waals surface area contributed by atoms with E-state index in [-0.39, 0.29) is 13.0 Å². The molecule has 0 saturated carbocycles. The van der Waals surface area contributed by atoms with Crippen LogP contribution in [0.25, 0.3) is 0 Å². The maximum Gasteiger partial charge on any atom is 0.510 e. The van der Waals surface area contributed by atoms with Crippen LogP contribution in [-0.2, 0) is 33.8 Å². The van der Waals surface area contributed by atoms with Gasteiger partial charge in [0.05, 0.1) is 38.3 Å². The Morgan fingerprint density at radius 2 is 1.87 bits per heavy atom. The van der Waals surface area contributed by atoms with Crippen LogP contribution in [0.4, 0.5) is 13.2 Å². The highest BCUT2D eigenvalue weighted by molar-refractivity contribution is 7.90. The molecule has 1 fully saturated rings. The van der Waals surface area contributed by atoms with Gasteiger partial charge in [-0.25, -0.2) is 8.42 Å². The first-order valence-electron chi connectivity index (χ1n) is 6.28. The average molecular weight is 386 g/mol. The van der Waals surface area contributed by atoms with E-state index >= 15 is 0 Å². The van der Waals surface area contributed by atoms with Crippen molar-refractivity contribution in [3.63, 3.8) is 0 Å². The first kappa shape index (κ1) is 20.5. The van der Waals surface area contributed by atoms with Crippen molar-refractivity contribution in [2.24, 2.45) is 0 Å². The van der Waals surface area contributed by atoms with Gasteiger partial charge in [0.2, 0.25) is 0 Å². The van der Waals surface area contributed by atoms with Crippen molar-refractivity contribution in [1.82, 2.24) is 4.47 Å². The molecule has 0 spiro atoms. The summed E-state index contributed by atoms with van der Waals surface area (Å²) in [4.78, 5) is 0. The Labute approximate surface area is 131 Å². The van der Waals surface area contributed by atoms with Gasteiger partial charge in [-0.3, -0.25) is 8.65 Å². The van der Waals surface area contributed by atoms with E-state index in [0.29, 0.717) is 13.2 Å². The predicted octanol–water partition coefficient (Wildman–Crippen LogP) is -0.212. The van der Waals surface area contributed by atoms with Crippen molar-refractivity contribution in [2.45, 2.75) is 18.0 Å². The molecule has 0 aromatic rings. The molecule has 1 aliphatic rings. The van der Waals surface area contributed by atoms with Crippen molar-refractivity contribution < 1.29 is 43.7 Å². The van der Waals surface area contributed by atoms with E-state index in [1.165, 1.54) is 0 Å². The number of hydroxylamine groups is 1. The number of sulfonamides is 1. The highest BCUT2D eigenvalue weighted by Crippen LogP contribution is 2.25. The van der Waals surface area contributed by atoms with Gasteiger partial charge in [-0.05, 0) is 6.42 Å². The second-order valence-electron chi connectivity index (χ2n) is 4.42. The fraction of sp³-hybridized carbons (Fsp3) is 1.00. The number of hydrogen-bond acceptors (Lipinski definition) is 8. The smallest absolute Gasteiger partial charge is 0.510 e. The molecule has 14 heteroatoms. The lowest BCUT2D eigenvalue weighted by Gasteiger charge is -2.27. The summed E-state index contributed by atoms with van der Waals surface area (Å²) < 4.78 is 93.8. The van der Waals surface area contributed by atoms with Crippen LogP contribution in [0.2, 0.25) is 0 Å². The maximum absolute atomic E-state index is 12.1. The van der Waals surface area contributed by atoms with Gasteiger partial charge in [0, 0.05) is 6.54 Å². The summed E-state index contributed by atoms with van der Waals surface area (Å²) in [7, 11) is -10.2. The number of hydrogen-bond donors (Lipinski definition) is 0. The largest absolute Gasteiger partial charge is 0.772 e. The molecule has 0 radical (unpaired) electrons. The Bertz CT molecular complexity index is 570. The molecule has 0 bridgehead atoms. The Hall–Kier alpha value is -0.510. The molecule has 1 atom stereocenters. The van der Waals surface area contributed by atoms with Crippen LogP contribution in [0.3, 0.4) is 0 Å². The second-order valence-corrected chi connectivity index (χ2v) is 8.00. The van der Waals surface area contributed by atoms with Crippen molar-refractivity contribution in [2.75, 3.05) is 38.7 Å². The molecule has 0 aliphatic carbocycles. The van der Waals surface area contributed by atoms with E-state index in [4.69, 9.17) is 9.47 Å². The maximum atomic E-state index is 12.1. The zero-order valence-corrected chi connectivity index (χ0v) is 13.3. The zero-order valence-electron chi connectivity index (χ0n) is 11.7. The average Bonchev–Trinajstić information content (AvgIpc) is 2.45. The van der Waals surface area contributed by atoms with E-state index in [2.05, 4.69) is 4.18 Å². The summed E-state index contributed by atoms with van der Waals surface area (Å²) in [5.74, 6) is -0.508. The third-order valence-corrected chi connectivity index (χ3v) is 5.24. The van der Waals surface area contributed by atoms with Crippen LogP contribution in [0.1, 0.15) is 6.42 Å². The molecule has 1 unspecified atom stereocenters. The van der Waals surface area contributed by atoms with E-state index in [1.54, 1.807) is 0 Å². The van der Waals surface area contributed by atoms with Gasteiger partial charge in [0.1, 0.15) is 0 Å². The molecule has 1 aliphatic heterocycles. The van der Waals surface area contributed by atoms with Crippen molar-refractivity contribution in [3.8, 4) is 0 Å². The molecule has 1 heterocycles. The summed E-state index contributed by atoms with van der Waals surface area (Å²) >= 11 is 0. The highest BCUT2D eigenvalue weighted by atomic mass is 32.2. The molecule has 0 amide bonds. The lowest BCUT2D eigenvalue weighted by atomic mass is 10.3. The van der Waals surface area contributed by atoms with Crippen LogP contribution >= 0.6 is 0 Å². The number of halogens is 3. The Morgan fingerprint density at radius 3 is 2.39 bits per heavy atom. The van der Waals surface area contributed by atoms with Gasteiger partial charge in [-0.2, -0.15) is 21.6 Å². The number of ether oxygens (including phenoxy) is 2. The molecule has 0 N–H and O–H groups in total. The minimum Gasteiger partial charge on any atom is -0.772 e. The minimum atomic E-state index is -6.06. The predicted molar refractivity (Wildman–Crippen MR) is 70.0 cm³/mol. The second kappa shape index (κ2) is 8.04. The molecule has 138 valence electrons. The van der Waals surface area contributed by atoms with E-state index < -0.39 is 55.1 Å².